The SMILES string of the molecule is CN(c1cnccn1)[C@@H]1CC[C@@H]2CN(Cc3ccccn3)C[C@@H]21. The molecule has 0 unspecified atom stereocenters. The second-order valence-electron chi connectivity index (χ2n) is 6.76. The molecular weight excluding hydrogens is 286 g/mol. The van der Waals surface area contributed by atoms with E-state index in [0.29, 0.717) is 6.04 Å². The molecule has 0 bridgehead atoms. The molecule has 3 atom stereocenters. The van der Waals surface area contributed by atoms with Crippen molar-refractivity contribution in [2.24, 2.45) is 11.8 Å². The first-order chi connectivity index (χ1) is 11.3. The van der Waals surface area contributed by atoms with E-state index in [9.17, 15) is 0 Å². The first-order valence-electron chi connectivity index (χ1n) is 8.42. The van der Waals surface area contributed by atoms with Crippen molar-refractivity contribution in [3.8, 4) is 0 Å². The van der Waals surface area contributed by atoms with Crippen LogP contribution in [0.25, 0.3) is 0 Å². The van der Waals surface area contributed by atoms with Crippen molar-refractivity contribution in [2.75, 3.05) is 25.0 Å². The van der Waals surface area contributed by atoms with Gasteiger partial charge in [-0.1, -0.05) is 6.07 Å². The van der Waals surface area contributed by atoms with Crippen LogP contribution in [0, 0.1) is 11.8 Å². The molecule has 23 heavy (non-hydrogen) atoms. The van der Waals surface area contributed by atoms with Gasteiger partial charge in [-0.15, -0.1) is 0 Å². The Morgan fingerprint density at radius 1 is 1.13 bits per heavy atom. The van der Waals surface area contributed by atoms with Crippen LogP contribution in [0.2, 0.25) is 0 Å². The Hall–Kier alpha value is -2.01. The topological polar surface area (TPSA) is 45.2 Å². The van der Waals surface area contributed by atoms with E-state index in [1.807, 2.05) is 18.5 Å². The molecule has 4 rings (SSSR count). The fraction of sp³-hybridized carbons (Fsp3) is 0.500. The van der Waals surface area contributed by atoms with E-state index in [1.165, 1.54) is 25.1 Å². The third-order valence-corrected chi connectivity index (χ3v) is 5.41. The van der Waals surface area contributed by atoms with Gasteiger partial charge >= 0.3 is 0 Å². The maximum Gasteiger partial charge on any atom is 0.147 e. The van der Waals surface area contributed by atoms with Gasteiger partial charge < -0.3 is 4.90 Å². The molecule has 0 N–H and O–H groups in total. The van der Waals surface area contributed by atoms with Gasteiger partial charge in [0.25, 0.3) is 0 Å². The van der Waals surface area contributed by atoms with Gasteiger partial charge in [0.05, 0.1) is 11.9 Å². The third-order valence-electron chi connectivity index (χ3n) is 5.41. The van der Waals surface area contributed by atoms with Crippen molar-refractivity contribution in [2.45, 2.75) is 25.4 Å². The summed E-state index contributed by atoms with van der Waals surface area (Å²) >= 11 is 0. The Balaban J connectivity index is 1.43. The fourth-order valence-electron chi connectivity index (χ4n) is 4.30. The second-order valence-corrected chi connectivity index (χ2v) is 6.76. The molecule has 3 heterocycles. The lowest BCUT2D eigenvalue weighted by molar-refractivity contribution is 0.293. The fourth-order valence-corrected chi connectivity index (χ4v) is 4.30. The van der Waals surface area contributed by atoms with Gasteiger partial charge in [0.15, 0.2) is 0 Å². The van der Waals surface area contributed by atoms with Crippen LogP contribution in [0.15, 0.2) is 43.0 Å². The van der Waals surface area contributed by atoms with Crippen molar-refractivity contribution in [1.29, 1.82) is 0 Å². The molecule has 2 aromatic heterocycles. The Morgan fingerprint density at radius 2 is 2.09 bits per heavy atom. The largest absolute Gasteiger partial charge is 0.355 e. The van der Waals surface area contributed by atoms with Gasteiger partial charge in [0, 0.05) is 51.3 Å². The van der Waals surface area contributed by atoms with Crippen molar-refractivity contribution < 1.29 is 0 Å². The molecule has 1 aliphatic heterocycles. The van der Waals surface area contributed by atoms with Crippen LogP contribution in [0.4, 0.5) is 5.82 Å². The number of likely N-dealkylation sites (tertiary alicyclic amines) is 1. The summed E-state index contributed by atoms with van der Waals surface area (Å²) in [5.74, 6) is 2.52. The highest BCUT2D eigenvalue weighted by molar-refractivity contribution is 5.36. The molecule has 1 aliphatic carbocycles. The van der Waals surface area contributed by atoms with Crippen LogP contribution in [0.5, 0.6) is 0 Å². The Labute approximate surface area is 137 Å². The summed E-state index contributed by atoms with van der Waals surface area (Å²) in [7, 11) is 2.17. The Bertz CT molecular complexity index is 632. The third kappa shape index (κ3) is 2.93. The van der Waals surface area contributed by atoms with E-state index in [-0.39, 0.29) is 0 Å². The number of aromatic nitrogens is 3. The average molecular weight is 309 g/mol. The lowest BCUT2D eigenvalue weighted by Gasteiger charge is -2.30. The molecule has 0 radical (unpaired) electrons. The standard InChI is InChI=1S/C18H23N5/c1-22(18-10-19-8-9-21-18)17-6-5-14-11-23(13-16(14)17)12-15-4-2-3-7-20-15/h2-4,7-10,14,16-17H,5-6,11-13H2,1H3/t14-,16+,17-/m1/s1. The zero-order chi connectivity index (χ0) is 15.6. The van der Waals surface area contributed by atoms with Crippen molar-refractivity contribution in [3.63, 3.8) is 0 Å². The molecule has 0 spiro atoms. The zero-order valence-electron chi connectivity index (χ0n) is 13.5. The summed E-state index contributed by atoms with van der Waals surface area (Å²) in [5.41, 5.74) is 1.17. The first kappa shape index (κ1) is 14.6. The van der Waals surface area contributed by atoms with Crippen LogP contribution in [-0.2, 0) is 6.54 Å². The quantitative estimate of drug-likeness (QED) is 0.866. The maximum absolute atomic E-state index is 4.47. The minimum absolute atomic E-state index is 0.574. The number of anilines is 1. The number of rotatable bonds is 4. The van der Waals surface area contributed by atoms with E-state index in [0.717, 1.165) is 30.7 Å². The van der Waals surface area contributed by atoms with Crippen molar-refractivity contribution in [3.05, 3.63) is 48.7 Å². The predicted octanol–water partition coefficient (Wildman–Crippen LogP) is 2.22. The molecule has 2 fully saturated rings. The van der Waals surface area contributed by atoms with Crippen LogP contribution >= 0.6 is 0 Å². The van der Waals surface area contributed by atoms with Crippen LogP contribution < -0.4 is 4.90 Å². The van der Waals surface area contributed by atoms with Gasteiger partial charge in [-0.3, -0.25) is 14.9 Å². The number of hydrogen-bond acceptors (Lipinski definition) is 5. The predicted molar refractivity (Wildman–Crippen MR) is 90.0 cm³/mol. The first-order valence-corrected chi connectivity index (χ1v) is 8.42. The maximum atomic E-state index is 4.47. The minimum atomic E-state index is 0.574. The Morgan fingerprint density at radius 3 is 2.87 bits per heavy atom. The van der Waals surface area contributed by atoms with Crippen molar-refractivity contribution >= 4 is 5.82 Å². The number of fused-ring (bicyclic) bond motifs is 1. The van der Waals surface area contributed by atoms with Crippen LogP contribution in [0.1, 0.15) is 18.5 Å². The van der Waals surface area contributed by atoms with E-state index in [2.05, 4.69) is 43.9 Å². The van der Waals surface area contributed by atoms with E-state index >= 15 is 0 Å². The zero-order valence-corrected chi connectivity index (χ0v) is 13.5. The normalized spacial score (nSPS) is 27.1. The van der Waals surface area contributed by atoms with Crippen molar-refractivity contribution in [1.82, 2.24) is 19.9 Å². The lowest BCUT2D eigenvalue weighted by Crippen LogP contribution is -2.38. The van der Waals surface area contributed by atoms with E-state index < -0.39 is 0 Å². The van der Waals surface area contributed by atoms with Gasteiger partial charge in [-0.25, -0.2) is 4.98 Å². The highest BCUT2D eigenvalue weighted by Gasteiger charge is 2.44. The Kier molecular flexibility index (Phi) is 3.95. The monoisotopic (exact) mass is 309 g/mol. The van der Waals surface area contributed by atoms with Gasteiger partial charge in [0.2, 0.25) is 0 Å². The summed E-state index contributed by atoms with van der Waals surface area (Å²) in [5, 5.41) is 0. The molecule has 2 aliphatic rings. The highest BCUT2D eigenvalue weighted by atomic mass is 15.2. The van der Waals surface area contributed by atoms with Gasteiger partial charge in [-0.2, -0.15) is 0 Å². The van der Waals surface area contributed by atoms with Gasteiger partial charge in [-0.05, 0) is 36.8 Å². The summed E-state index contributed by atoms with van der Waals surface area (Å²) in [6.45, 7) is 3.33. The molecule has 1 saturated heterocycles. The summed E-state index contributed by atoms with van der Waals surface area (Å²) in [6, 6.07) is 6.75. The molecular formula is C18H23N5. The van der Waals surface area contributed by atoms with Crippen LogP contribution in [-0.4, -0.2) is 46.0 Å². The lowest BCUT2D eigenvalue weighted by atomic mass is 9.97. The molecule has 5 nitrogen and oxygen atoms in total. The minimum Gasteiger partial charge on any atom is -0.355 e. The van der Waals surface area contributed by atoms with E-state index in [4.69, 9.17) is 0 Å². The number of hydrogen-bond donors (Lipinski definition) is 0. The molecule has 2 aromatic rings. The van der Waals surface area contributed by atoms with Gasteiger partial charge in [0.1, 0.15) is 5.82 Å². The molecule has 120 valence electrons. The molecule has 5 heteroatoms. The molecule has 0 aromatic carbocycles. The average Bonchev–Trinajstić information content (AvgIpc) is 3.16. The van der Waals surface area contributed by atoms with Crippen LogP contribution in [0.3, 0.4) is 0 Å². The highest BCUT2D eigenvalue weighted by Crippen LogP contribution is 2.41. The summed E-state index contributed by atoms with van der Waals surface area (Å²) in [4.78, 5) is 18.0. The number of nitrogens with zero attached hydrogens (tertiary/aromatic N) is 5. The summed E-state index contributed by atoms with van der Waals surface area (Å²) < 4.78 is 0. The molecule has 1 saturated carbocycles. The smallest absolute Gasteiger partial charge is 0.147 e. The number of pyridine rings is 1. The second kappa shape index (κ2) is 6.24. The molecule has 0 amide bonds. The summed E-state index contributed by atoms with van der Waals surface area (Å²) in [6.07, 6.45) is 9.85. The van der Waals surface area contributed by atoms with E-state index in [1.54, 1.807) is 12.4 Å².